The van der Waals surface area contributed by atoms with E-state index >= 15 is 0 Å². The number of hydrogen-bond donors (Lipinski definition) is 2. The van der Waals surface area contributed by atoms with Crippen molar-refractivity contribution in [3.63, 3.8) is 0 Å². The van der Waals surface area contributed by atoms with E-state index in [9.17, 15) is 14.4 Å². The van der Waals surface area contributed by atoms with Gasteiger partial charge in [0.25, 0.3) is 5.91 Å². The molecule has 1 aromatic carbocycles. The van der Waals surface area contributed by atoms with E-state index in [1.54, 1.807) is 24.3 Å². The second-order valence-electron chi connectivity index (χ2n) is 5.09. The molecule has 2 rings (SSSR count). The van der Waals surface area contributed by atoms with Gasteiger partial charge in [-0.2, -0.15) is 0 Å². The van der Waals surface area contributed by atoms with Crippen LogP contribution in [0.5, 0.6) is 5.75 Å². The third-order valence-corrected chi connectivity index (χ3v) is 3.40. The van der Waals surface area contributed by atoms with Crippen molar-refractivity contribution in [2.75, 3.05) is 19.8 Å². The van der Waals surface area contributed by atoms with Crippen LogP contribution in [0.2, 0.25) is 5.02 Å². The first-order valence-electron chi connectivity index (χ1n) is 7.47. The van der Waals surface area contributed by atoms with Gasteiger partial charge in [0.15, 0.2) is 12.4 Å². The molecule has 0 bridgehead atoms. The van der Waals surface area contributed by atoms with Gasteiger partial charge in [-0.15, -0.1) is 0 Å². The van der Waals surface area contributed by atoms with E-state index in [0.29, 0.717) is 16.3 Å². The highest BCUT2D eigenvalue weighted by molar-refractivity contribution is 6.30. The van der Waals surface area contributed by atoms with Crippen LogP contribution in [0.4, 0.5) is 0 Å². The lowest BCUT2D eigenvalue weighted by molar-refractivity contribution is -0.124. The number of hydrogen-bond acceptors (Lipinski definition) is 5. The van der Waals surface area contributed by atoms with E-state index < -0.39 is 18.5 Å². The Balaban J connectivity index is 1.65. The Morgan fingerprint density at radius 3 is 2.56 bits per heavy atom. The lowest BCUT2D eigenvalue weighted by Gasteiger charge is -2.08. The van der Waals surface area contributed by atoms with Crippen molar-refractivity contribution in [2.24, 2.45) is 0 Å². The second-order valence-corrected chi connectivity index (χ2v) is 5.52. The largest absolute Gasteiger partial charge is 0.492 e. The van der Waals surface area contributed by atoms with Gasteiger partial charge in [-0.1, -0.05) is 11.6 Å². The van der Waals surface area contributed by atoms with Gasteiger partial charge < -0.3 is 19.8 Å². The summed E-state index contributed by atoms with van der Waals surface area (Å²) in [4.78, 5) is 37.2. The number of carbonyl (C=O) groups excluding carboxylic acids is 3. The van der Waals surface area contributed by atoms with Crippen LogP contribution in [0.25, 0.3) is 0 Å². The lowest BCUT2D eigenvalue weighted by Crippen LogP contribution is -2.32. The molecule has 132 valence electrons. The summed E-state index contributed by atoms with van der Waals surface area (Å²) in [6, 6.07) is 8.22. The molecule has 1 aromatic heterocycles. The highest BCUT2D eigenvalue weighted by atomic mass is 35.5. The maximum absolute atomic E-state index is 11.7. The Hall–Kier alpha value is -2.80. The Bertz CT molecular complexity index is 755. The van der Waals surface area contributed by atoms with Crippen molar-refractivity contribution in [3.05, 3.63) is 52.8 Å². The monoisotopic (exact) mass is 364 g/mol. The number of esters is 1. The first-order chi connectivity index (χ1) is 12.0. The van der Waals surface area contributed by atoms with Gasteiger partial charge in [-0.3, -0.25) is 9.59 Å². The maximum Gasteiger partial charge on any atom is 0.355 e. The summed E-state index contributed by atoms with van der Waals surface area (Å²) in [6.07, 6.45) is 1.41. The molecule has 2 aromatic rings. The van der Waals surface area contributed by atoms with Crippen LogP contribution in [-0.2, 0) is 9.53 Å². The molecule has 8 heteroatoms. The molecule has 1 amide bonds. The number of Topliss-reactive ketones (excluding diaryl/α,β-unsaturated/α-hetero) is 1. The minimum Gasteiger partial charge on any atom is -0.492 e. The number of aromatic amines is 1. The smallest absolute Gasteiger partial charge is 0.355 e. The molecule has 0 spiro atoms. The Morgan fingerprint density at radius 2 is 1.92 bits per heavy atom. The Morgan fingerprint density at radius 1 is 1.20 bits per heavy atom. The van der Waals surface area contributed by atoms with Crippen molar-refractivity contribution >= 4 is 29.3 Å². The summed E-state index contributed by atoms with van der Waals surface area (Å²) < 4.78 is 10.3. The third kappa shape index (κ3) is 5.96. The van der Waals surface area contributed by atoms with Gasteiger partial charge in [-0.25, -0.2) is 4.79 Å². The van der Waals surface area contributed by atoms with Gasteiger partial charge in [-0.05, 0) is 37.3 Å². The van der Waals surface area contributed by atoms with E-state index in [4.69, 9.17) is 21.1 Å². The SMILES string of the molecule is CC(=O)c1c[nH]c(C(=O)OCC(=O)NCCOc2ccc(Cl)cc2)c1. The molecule has 0 saturated heterocycles. The van der Waals surface area contributed by atoms with Gasteiger partial charge in [0, 0.05) is 16.8 Å². The highest BCUT2D eigenvalue weighted by Crippen LogP contribution is 2.15. The molecule has 0 radical (unpaired) electrons. The zero-order chi connectivity index (χ0) is 18.2. The number of rotatable bonds is 8. The number of ketones is 1. The Kier molecular flexibility index (Phi) is 6.59. The summed E-state index contributed by atoms with van der Waals surface area (Å²) in [5.41, 5.74) is 0.486. The molecular weight excluding hydrogens is 348 g/mol. The summed E-state index contributed by atoms with van der Waals surface area (Å²) >= 11 is 5.76. The number of halogens is 1. The first kappa shape index (κ1) is 18.5. The molecule has 0 saturated carbocycles. The van der Waals surface area contributed by atoms with Gasteiger partial charge in [0.2, 0.25) is 0 Å². The highest BCUT2D eigenvalue weighted by Gasteiger charge is 2.13. The topological polar surface area (TPSA) is 97.5 Å². The first-order valence-corrected chi connectivity index (χ1v) is 7.85. The van der Waals surface area contributed by atoms with Crippen molar-refractivity contribution in [1.29, 1.82) is 0 Å². The van der Waals surface area contributed by atoms with Crippen LogP contribution >= 0.6 is 11.6 Å². The molecular formula is C17H17ClN2O5. The van der Waals surface area contributed by atoms with Crippen LogP contribution in [0.1, 0.15) is 27.8 Å². The van der Waals surface area contributed by atoms with Gasteiger partial charge >= 0.3 is 5.97 Å². The number of H-pyrrole nitrogens is 1. The normalized spacial score (nSPS) is 10.2. The van der Waals surface area contributed by atoms with Crippen LogP contribution in [0, 0.1) is 0 Å². The summed E-state index contributed by atoms with van der Waals surface area (Å²) in [5.74, 6) is -0.696. The number of carbonyl (C=O) groups is 3. The van der Waals surface area contributed by atoms with Gasteiger partial charge in [0.1, 0.15) is 18.1 Å². The molecule has 7 nitrogen and oxygen atoms in total. The quantitative estimate of drug-likeness (QED) is 0.425. The molecule has 1 heterocycles. The second kappa shape index (κ2) is 8.89. The average Bonchev–Trinajstić information content (AvgIpc) is 3.08. The van der Waals surface area contributed by atoms with Crippen molar-refractivity contribution in [1.82, 2.24) is 10.3 Å². The van der Waals surface area contributed by atoms with E-state index in [0.717, 1.165) is 0 Å². The summed E-state index contributed by atoms with van der Waals surface area (Å²) in [6.45, 7) is 1.49. The average molecular weight is 365 g/mol. The van der Waals surface area contributed by atoms with Crippen LogP contribution in [0.15, 0.2) is 36.5 Å². The van der Waals surface area contributed by atoms with E-state index in [-0.39, 0.29) is 24.6 Å². The lowest BCUT2D eigenvalue weighted by atomic mass is 10.2. The zero-order valence-electron chi connectivity index (χ0n) is 13.5. The van der Waals surface area contributed by atoms with Crippen molar-refractivity contribution in [2.45, 2.75) is 6.92 Å². The third-order valence-electron chi connectivity index (χ3n) is 3.15. The number of nitrogens with one attached hydrogen (secondary N) is 2. The molecule has 0 atom stereocenters. The van der Waals surface area contributed by atoms with Crippen LogP contribution < -0.4 is 10.1 Å². The predicted molar refractivity (Wildman–Crippen MR) is 91.0 cm³/mol. The standard InChI is InChI=1S/C17H17ClN2O5/c1-11(21)12-8-15(20-9-12)17(23)25-10-16(22)19-6-7-24-14-4-2-13(18)3-5-14/h2-5,8-9,20H,6-7,10H2,1H3,(H,19,22). The molecule has 0 fully saturated rings. The summed E-state index contributed by atoms with van der Waals surface area (Å²) in [5, 5.41) is 3.17. The molecule has 0 aliphatic carbocycles. The van der Waals surface area contributed by atoms with E-state index in [1.165, 1.54) is 19.2 Å². The number of amides is 1. The fraction of sp³-hybridized carbons (Fsp3) is 0.235. The molecule has 2 N–H and O–H groups in total. The fourth-order valence-electron chi connectivity index (χ4n) is 1.87. The van der Waals surface area contributed by atoms with Crippen LogP contribution in [-0.4, -0.2) is 42.4 Å². The molecule has 0 aliphatic heterocycles. The number of ether oxygens (including phenoxy) is 2. The van der Waals surface area contributed by atoms with Crippen molar-refractivity contribution < 1.29 is 23.9 Å². The van der Waals surface area contributed by atoms with E-state index in [1.807, 2.05) is 0 Å². The maximum atomic E-state index is 11.7. The number of aromatic nitrogens is 1. The zero-order valence-corrected chi connectivity index (χ0v) is 14.3. The Labute approximate surface area is 149 Å². The summed E-state index contributed by atoms with van der Waals surface area (Å²) in [7, 11) is 0. The minimum absolute atomic E-state index is 0.115. The minimum atomic E-state index is -0.708. The van der Waals surface area contributed by atoms with E-state index in [2.05, 4.69) is 10.3 Å². The van der Waals surface area contributed by atoms with Gasteiger partial charge in [0.05, 0.1) is 6.54 Å². The number of benzene rings is 1. The molecule has 0 unspecified atom stereocenters. The predicted octanol–water partition coefficient (Wildman–Crippen LogP) is 2.22. The molecule has 25 heavy (non-hydrogen) atoms. The molecule has 0 aliphatic rings. The van der Waals surface area contributed by atoms with Crippen molar-refractivity contribution in [3.8, 4) is 5.75 Å². The van der Waals surface area contributed by atoms with Crippen LogP contribution in [0.3, 0.4) is 0 Å². The fourth-order valence-corrected chi connectivity index (χ4v) is 1.99.